The van der Waals surface area contributed by atoms with Crippen LogP contribution in [-0.4, -0.2) is 111 Å². The van der Waals surface area contributed by atoms with Gasteiger partial charge < -0.3 is 48.0 Å². The van der Waals surface area contributed by atoms with Gasteiger partial charge in [-0.3, -0.25) is 9.36 Å². The Morgan fingerprint density at radius 1 is 0.797 bits per heavy atom. The number of hydrogen-bond acceptors (Lipinski definition) is 11. The first-order valence-electron chi connectivity index (χ1n) is 23.5. The van der Waals surface area contributed by atoms with Gasteiger partial charge in [0.1, 0.15) is 19.3 Å². The Balaban J connectivity index is 2.46. The molecule has 348 valence electrons. The molecule has 0 radical (unpaired) electrons. The second-order valence-electron chi connectivity index (χ2n) is 17.6. The molecule has 0 spiro atoms. The second kappa shape index (κ2) is 35.3. The lowest BCUT2D eigenvalue weighted by molar-refractivity contribution is -0.870. The third kappa shape index (κ3) is 33.1. The lowest BCUT2D eigenvalue weighted by Gasteiger charge is -2.36. The zero-order valence-electron chi connectivity index (χ0n) is 38.0. The molecule has 3 N–H and O–H groups in total. The Kier molecular flexibility index (Phi) is 33.4. The third-order valence-corrected chi connectivity index (χ3v) is 11.8. The zero-order chi connectivity index (χ0) is 43.6. The first-order chi connectivity index (χ1) is 28.3. The largest absolute Gasteiger partial charge is 0.756 e. The van der Waals surface area contributed by atoms with Crippen LogP contribution in [0, 0.1) is 5.92 Å². The van der Waals surface area contributed by atoms with Gasteiger partial charge in [0.15, 0.2) is 6.29 Å². The summed E-state index contributed by atoms with van der Waals surface area (Å²) < 4.78 is 40.3. The summed E-state index contributed by atoms with van der Waals surface area (Å²) in [5.41, 5.74) is 0. The molecule has 0 saturated carbocycles. The van der Waals surface area contributed by atoms with E-state index in [0.29, 0.717) is 43.3 Å². The smallest absolute Gasteiger partial charge is 0.306 e. The number of carbonyl (C=O) groups excluding carboxylic acids is 1. The molecule has 7 atom stereocenters. The summed E-state index contributed by atoms with van der Waals surface area (Å²) in [7, 11) is 1.20. The number of phosphoric ester groups is 1. The average molecular weight is 862 g/mol. The topological polar surface area (TPSA) is 164 Å². The van der Waals surface area contributed by atoms with Crippen LogP contribution >= 0.6 is 7.82 Å². The van der Waals surface area contributed by atoms with Gasteiger partial charge in [0.2, 0.25) is 0 Å². The molecule has 1 aliphatic rings. The Labute approximate surface area is 359 Å². The SMILES string of the molecule is CCCCCCCCCCCCCCCCCCOCC(COP(=O)([O-])OCC[N+](C)(C)C)OC(=O)CCC/C=C\CC1C(O)CC(O)OC1/C=C/C(O)CCCCC. The van der Waals surface area contributed by atoms with Crippen LogP contribution in [0.1, 0.15) is 174 Å². The maximum absolute atomic E-state index is 12.8. The van der Waals surface area contributed by atoms with Crippen molar-refractivity contribution < 1.29 is 57.3 Å². The summed E-state index contributed by atoms with van der Waals surface area (Å²) in [6.45, 7) is 4.95. The molecule has 0 aliphatic carbocycles. The van der Waals surface area contributed by atoms with Crippen molar-refractivity contribution in [3.05, 3.63) is 24.3 Å². The van der Waals surface area contributed by atoms with Gasteiger partial charge in [-0.1, -0.05) is 154 Å². The van der Waals surface area contributed by atoms with Crippen molar-refractivity contribution in [2.75, 3.05) is 54.1 Å². The van der Waals surface area contributed by atoms with Crippen LogP contribution in [0.2, 0.25) is 0 Å². The molecule has 0 aromatic heterocycles. The number of unbranched alkanes of at least 4 members (excludes halogenated alkanes) is 18. The minimum Gasteiger partial charge on any atom is -0.756 e. The first-order valence-corrected chi connectivity index (χ1v) is 24.9. The van der Waals surface area contributed by atoms with Crippen molar-refractivity contribution in [2.45, 2.75) is 205 Å². The van der Waals surface area contributed by atoms with E-state index in [1.165, 1.54) is 83.5 Å². The van der Waals surface area contributed by atoms with Crippen LogP contribution in [0.3, 0.4) is 0 Å². The minimum atomic E-state index is -4.60. The van der Waals surface area contributed by atoms with Crippen LogP contribution in [0.4, 0.5) is 0 Å². The Morgan fingerprint density at radius 3 is 1.97 bits per heavy atom. The molecular formula is C46H88NO11P. The van der Waals surface area contributed by atoms with Gasteiger partial charge in [0.25, 0.3) is 7.82 Å². The number of aliphatic hydroxyl groups is 3. The van der Waals surface area contributed by atoms with E-state index >= 15 is 0 Å². The van der Waals surface area contributed by atoms with Crippen molar-refractivity contribution in [1.82, 2.24) is 0 Å². The molecule has 0 aromatic rings. The highest BCUT2D eigenvalue weighted by atomic mass is 31.2. The van der Waals surface area contributed by atoms with Crippen LogP contribution in [0.15, 0.2) is 24.3 Å². The van der Waals surface area contributed by atoms with Gasteiger partial charge in [-0.25, -0.2) is 0 Å². The number of carbonyl (C=O) groups is 1. The average Bonchev–Trinajstić information content (AvgIpc) is 3.17. The molecule has 0 bridgehead atoms. The molecular weight excluding hydrogens is 773 g/mol. The molecule has 0 amide bonds. The van der Waals surface area contributed by atoms with E-state index in [1.54, 1.807) is 12.2 Å². The van der Waals surface area contributed by atoms with Crippen LogP contribution < -0.4 is 4.89 Å². The molecule has 1 saturated heterocycles. The highest BCUT2D eigenvalue weighted by molar-refractivity contribution is 7.45. The summed E-state index contributed by atoms with van der Waals surface area (Å²) in [5.74, 6) is -0.760. The fourth-order valence-electron chi connectivity index (χ4n) is 7.06. The number of rotatable bonds is 39. The van der Waals surface area contributed by atoms with Crippen LogP contribution in [-0.2, 0) is 32.6 Å². The van der Waals surface area contributed by atoms with Crippen molar-refractivity contribution in [3.63, 3.8) is 0 Å². The minimum absolute atomic E-state index is 0.0215. The molecule has 12 nitrogen and oxygen atoms in total. The van der Waals surface area contributed by atoms with Gasteiger partial charge in [-0.15, -0.1) is 0 Å². The van der Waals surface area contributed by atoms with E-state index in [-0.39, 0.29) is 38.6 Å². The lowest BCUT2D eigenvalue weighted by atomic mass is 9.87. The summed E-state index contributed by atoms with van der Waals surface area (Å²) in [5, 5.41) is 31.0. The number of esters is 1. The molecule has 1 heterocycles. The van der Waals surface area contributed by atoms with E-state index < -0.39 is 44.5 Å². The van der Waals surface area contributed by atoms with E-state index in [2.05, 4.69) is 13.8 Å². The first kappa shape index (κ1) is 55.8. The maximum atomic E-state index is 12.8. The number of likely N-dealkylation sites (N-methyl/N-ethyl adjacent to an activating group) is 1. The van der Waals surface area contributed by atoms with Gasteiger partial charge in [0, 0.05) is 25.4 Å². The maximum Gasteiger partial charge on any atom is 0.306 e. The molecule has 59 heavy (non-hydrogen) atoms. The highest BCUT2D eigenvalue weighted by Crippen LogP contribution is 2.38. The number of hydrogen-bond donors (Lipinski definition) is 3. The van der Waals surface area contributed by atoms with E-state index in [4.69, 9.17) is 23.3 Å². The fourth-order valence-corrected chi connectivity index (χ4v) is 7.79. The molecule has 1 aliphatic heterocycles. The van der Waals surface area contributed by atoms with E-state index in [0.717, 1.165) is 38.5 Å². The third-order valence-electron chi connectivity index (χ3n) is 10.8. The molecule has 7 unspecified atom stereocenters. The van der Waals surface area contributed by atoms with E-state index in [1.807, 2.05) is 33.3 Å². The summed E-state index contributed by atoms with van der Waals surface area (Å²) in [6, 6.07) is 0. The van der Waals surface area contributed by atoms with Gasteiger partial charge in [-0.2, -0.15) is 0 Å². The van der Waals surface area contributed by atoms with Crippen molar-refractivity contribution in [2.24, 2.45) is 5.92 Å². The number of quaternary nitrogens is 1. The van der Waals surface area contributed by atoms with Crippen LogP contribution in [0.25, 0.3) is 0 Å². The summed E-state index contributed by atoms with van der Waals surface area (Å²) in [6.07, 6.45) is 29.5. The number of phosphoric acid groups is 1. The van der Waals surface area contributed by atoms with E-state index in [9.17, 15) is 29.6 Å². The van der Waals surface area contributed by atoms with Crippen molar-refractivity contribution >= 4 is 13.8 Å². The normalized spacial score (nSPS) is 21.0. The zero-order valence-corrected chi connectivity index (χ0v) is 38.9. The van der Waals surface area contributed by atoms with Crippen LogP contribution in [0.5, 0.6) is 0 Å². The number of nitrogens with zero attached hydrogens (tertiary/aromatic N) is 1. The Hall–Kier alpha value is -1.18. The lowest BCUT2D eigenvalue weighted by Crippen LogP contribution is -2.43. The van der Waals surface area contributed by atoms with Gasteiger partial charge >= 0.3 is 5.97 Å². The van der Waals surface area contributed by atoms with Crippen molar-refractivity contribution in [1.29, 1.82) is 0 Å². The molecule has 0 aromatic carbocycles. The second-order valence-corrected chi connectivity index (χ2v) is 19.1. The molecule has 13 heteroatoms. The summed E-state index contributed by atoms with van der Waals surface area (Å²) in [4.78, 5) is 25.3. The Morgan fingerprint density at radius 2 is 1.37 bits per heavy atom. The molecule has 1 rings (SSSR count). The number of ether oxygens (including phenoxy) is 3. The highest BCUT2D eigenvalue weighted by Gasteiger charge is 2.35. The predicted molar refractivity (Wildman–Crippen MR) is 235 cm³/mol. The quantitative estimate of drug-likeness (QED) is 0.0178. The summed E-state index contributed by atoms with van der Waals surface area (Å²) >= 11 is 0. The standard InChI is InChI=1S/C46H88NO11P/c1-6-8-10-11-12-13-14-15-16-17-18-19-20-21-24-28-35-54-38-41(39-56-59(52,53)55-36-34-47(3,4)5)57-45(50)31-27-23-22-26-30-42-43(49)37-46(51)58-44(42)33-32-40(48)29-25-9-7-2/h22,26,32-33,40-44,46,48-49,51H,6-21,23-25,27-31,34-39H2,1-5H3/b26-22-,33-32+. The monoisotopic (exact) mass is 862 g/mol. The van der Waals surface area contributed by atoms with Crippen molar-refractivity contribution in [3.8, 4) is 0 Å². The van der Waals surface area contributed by atoms with Gasteiger partial charge in [0.05, 0.1) is 52.7 Å². The predicted octanol–water partition coefficient (Wildman–Crippen LogP) is 9.08. The number of aliphatic hydroxyl groups excluding tert-OH is 3. The fraction of sp³-hybridized carbons (Fsp3) is 0.891. The Bertz CT molecular complexity index is 1120. The number of allylic oxidation sites excluding steroid dienone is 2. The molecule has 1 fully saturated rings. The van der Waals surface area contributed by atoms with Gasteiger partial charge in [-0.05, 0) is 32.1 Å².